The Balaban J connectivity index is 1.95. The van der Waals surface area contributed by atoms with Gasteiger partial charge in [-0.1, -0.05) is 17.7 Å². The number of rotatable bonds is 4. The fourth-order valence-corrected chi connectivity index (χ4v) is 2.79. The van der Waals surface area contributed by atoms with E-state index in [4.69, 9.17) is 17.3 Å². The Morgan fingerprint density at radius 3 is 2.76 bits per heavy atom. The third-order valence-corrected chi connectivity index (χ3v) is 3.95. The van der Waals surface area contributed by atoms with Crippen molar-refractivity contribution in [1.82, 2.24) is 0 Å². The van der Waals surface area contributed by atoms with Gasteiger partial charge in [0.1, 0.15) is 5.82 Å². The number of hydrogen-bond acceptors (Lipinski definition) is 3. The van der Waals surface area contributed by atoms with Crippen molar-refractivity contribution < 1.29 is 9.18 Å². The topological polar surface area (TPSA) is 55.1 Å². The van der Waals surface area contributed by atoms with Crippen molar-refractivity contribution in [3.63, 3.8) is 0 Å². The second-order valence-electron chi connectivity index (χ2n) is 4.54. The van der Waals surface area contributed by atoms with E-state index in [1.165, 1.54) is 23.9 Å². The van der Waals surface area contributed by atoms with Gasteiger partial charge in [-0.05, 0) is 42.8 Å². The van der Waals surface area contributed by atoms with Gasteiger partial charge in [-0.3, -0.25) is 4.79 Å². The van der Waals surface area contributed by atoms with Crippen LogP contribution in [0.3, 0.4) is 0 Å². The summed E-state index contributed by atoms with van der Waals surface area (Å²) in [5.74, 6) is -0.485. The van der Waals surface area contributed by atoms with Crippen LogP contribution in [0.25, 0.3) is 0 Å². The molecule has 6 heteroatoms. The number of anilines is 2. The number of nitrogen functional groups attached to an aromatic ring is 1. The van der Waals surface area contributed by atoms with Crippen LogP contribution >= 0.6 is 23.4 Å². The van der Waals surface area contributed by atoms with Gasteiger partial charge in [0.15, 0.2) is 0 Å². The summed E-state index contributed by atoms with van der Waals surface area (Å²) in [4.78, 5) is 12.5. The second-order valence-corrected chi connectivity index (χ2v) is 6.00. The van der Waals surface area contributed by atoms with E-state index in [9.17, 15) is 9.18 Å². The molecule has 21 heavy (non-hydrogen) atoms. The van der Waals surface area contributed by atoms with Crippen molar-refractivity contribution in [3.05, 3.63) is 52.8 Å². The summed E-state index contributed by atoms with van der Waals surface area (Å²) >= 11 is 7.25. The molecule has 0 aliphatic carbocycles. The first kappa shape index (κ1) is 15.7. The number of nitrogens with two attached hydrogens (primary N) is 1. The van der Waals surface area contributed by atoms with Gasteiger partial charge in [0.05, 0.1) is 16.5 Å². The van der Waals surface area contributed by atoms with Gasteiger partial charge >= 0.3 is 0 Å². The van der Waals surface area contributed by atoms with E-state index >= 15 is 0 Å². The zero-order valence-electron chi connectivity index (χ0n) is 11.3. The quantitative estimate of drug-likeness (QED) is 0.657. The summed E-state index contributed by atoms with van der Waals surface area (Å²) in [6.45, 7) is 1.92. The molecule has 0 aliphatic rings. The van der Waals surface area contributed by atoms with Crippen molar-refractivity contribution >= 4 is 40.6 Å². The third-order valence-electron chi connectivity index (χ3n) is 2.66. The number of nitrogens with one attached hydrogen (secondary N) is 1. The normalized spacial score (nSPS) is 10.4. The SMILES string of the molecule is Cc1ccc(NC(=O)CSc2cc(N)cc(F)c2)c(Cl)c1. The number of thioether (sulfide) groups is 1. The number of carbonyl (C=O) groups is 1. The highest BCUT2D eigenvalue weighted by Gasteiger charge is 2.08. The van der Waals surface area contributed by atoms with Gasteiger partial charge in [-0.2, -0.15) is 0 Å². The summed E-state index contributed by atoms with van der Waals surface area (Å²) in [5.41, 5.74) is 7.46. The first-order valence-electron chi connectivity index (χ1n) is 6.19. The summed E-state index contributed by atoms with van der Waals surface area (Å²) in [5, 5.41) is 3.21. The average molecular weight is 325 g/mol. The number of hydrogen-bond donors (Lipinski definition) is 2. The van der Waals surface area contributed by atoms with Crippen LogP contribution in [0, 0.1) is 12.7 Å². The number of aryl methyl sites for hydroxylation is 1. The van der Waals surface area contributed by atoms with Crippen molar-refractivity contribution in [2.75, 3.05) is 16.8 Å². The Labute approximate surface area is 131 Å². The van der Waals surface area contributed by atoms with Gasteiger partial charge in [0, 0.05) is 10.6 Å². The lowest BCUT2D eigenvalue weighted by Crippen LogP contribution is -2.14. The molecule has 0 atom stereocenters. The lowest BCUT2D eigenvalue weighted by atomic mass is 10.2. The highest BCUT2D eigenvalue weighted by Crippen LogP contribution is 2.25. The van der Waals surface area contributed by atoms with Crippen LogP contribution in [0.5, 0.6) is 0 Å². The Morgan fingerprint density at radius 1 is 1.33 bits per heavy atom. The van der Waals surface area contributed by atoms with Crippen LogP contribution in [-0.4, -0.2) is 11.7 Å². The van der Waals surface area contributed by atoms with E-state index in [1.54, 1.807) is 18.2 Å². The molecule has 0 radical (unpaired) electrons. The fraction of sp³-hybridized carbons (Fsp3) is 0.133. The van der Waals surface area contributed by atoms with Crippen molar-refractivity contribution in [2.45, 2.75) is 11.8 Å². The van der Waals surface area contributed by atoms with Crippen LogP contribution in [0.15, 0.2) is 41.3 Å². The number of halogens is 2. The molecule has 3 nitrogen and oxygen atoms in total. The molecule has 0 saturated heterocycles. The summed E-state index contributed by atoms with van der Waals surface area (Å²) in [7, 11) is 0. The molecule has 0 heterocycles. The minimum atomic E-state index is -0.417. The van der Waals surface area contributed by atoms with Gasteiger partial charge in [0.2, 0.25) is 5.91 Å². The minimum Gasteiger partial charge on any atom is -0.399 e. The zero-order valence-corrected chi connectivity index (χ0v) is 12.9. The number of carbonyl (C=O) groups excluding carboxylic acids is 1. The van der Waals surface area contributed by atoms with Crippen LogP contribution in [0.1, 0.15) is 5.56 Å². The fourth-order valence-electron chi connectivity index (χ4n) is 1.72. The van der Waals surface area contributed by atoms with E-state index in [2.05, 4.69) is 5.32 Å². The van der Waals surface area contributed by atoms with Crippen LogP contribution in [0.2, 0.25) is 5.02 Å². The molecule has 0 spiro atoms. The predicted octanol–water partition coefficient (Wildman–Crippen LogP) is 4.10. The first-order valence-corrected chi connectivity index (χ1v) is 7.55. The minimum absolute atomic E-state index is 0.146. The lowest BCUT2D eigenvalue weighted by Gasteiger charge is -2.08. The predicted molar refractivity (Wildman–Crippen MR) is 86.4 cm³/mol. The smallest absolute Gasteiger partial charge is 0.234 e. The maximum atomic E-state index is 13.2. The van der Waals surface area contributed by atoms with Crippen molar-refractivity contribution in [1.29, 1.82) is 0 Å². The molecule has 3 N–H and O–H groups in total. The van der Waals surface area contributed by atoms with Gasteiger partial charge in [-0.25, -0.2) is 4.39 Å². The third kappa shape index (κ3) is 4.65. The highest BCUT2D eigenvalue weighted by atomic mass is 35.5. The van der Waals surface area contributed by atoms with E-state index in [-0.39, 0.29) is 11.7 Å². The Bertz CT molecular complexity index is 658. The molecule has 0 unspecified atom stereocenters. The monoisotopic (exact) mass is 324 g/mol. The zero-order chi connectivity index (χ0) is 15.4. The second kappa shape index (κ2) is 6.83. The van der Waals surface area contributed by atoms with Gasteiger partial charge in [-0.15, -0.1) is 11.8 Å². The standard InChI is InChI=1S/C15H14ClFN2OS/c1-9-2-3-14(13(16)4-9)19-15(20)8-21-12-6-10(17)5-11(18)7-12/h2-7H,8,18H2,1H3,(H,19,20). The average Bonchev–Trinajstić information content (AvgIpc) is 2.39. The van der Waals surface area contributed by atoms with Crippen LogP contribution in [-0.2, 0) is 4.79 Å². The van der Waals surface area contributed by atoms with Crippen molar-refractivity contribution in [3.8, 4) is 0 Å². The maximum absolute atomic E-state index is 13.2. The summed E-state index contributed by atoms with van der Waals surface area (Å²) < 4.78 is 13.2. The van der Waals surface area contributed by atoms with E-state index in [0.717, 1.165) is 5.56 Å². The summed E-state index contributed by atoms with van der Waals surface area (Å²) in [6.07, 6.45) is 0. The molecule has 2 aromatic carbocycles. The highest BCUT2D eigenvalue weighted by molar-refractivity contribution is 8.00. The largest absolute Gasteiger partial charge is 0.399 e. The Kier molecular flexibility index (Phi) is 5.09. The van der Waals surface area contributed by atoms with Crippen molar-refractivity contribution in [2.24, 2.45) is 0 Å². The molecule has 0 fully saturated rings. The molecule has 2 aromatic rings. The van der Waals surface area contributed by atoms with Gasteiger partial charge < -0.3 is 11.1 Å². The van der Waals surface area contributed by atoms with Gasteiger partial charge in [0.25, 0.3) is 0 Å². The van der Waals surface area contributed by atoms with Crippen LogP contribution < -0.4 is 11.1 Å². The molecule has 0 aliphatic heterocycles. The van der Waals surface area contributed by atoms with E-state index < -0.39 is 5.82 Å². The first-order chi connectivity index (χ1) is 9.94. The molecular formula is C15H14ClFN2OS. The number of amides is 1. The van der Waals surface area contributed by atoms with Crippen LogP contribution in [0.4, 0.5) is 15.8 Å². The maximum Gasteiger partial charge on any atom is 0.234 e. The molecule has 2 rings (SSSR count). The molecule has 0 aromatic heterocycles. The number of benzene rings is 2. The molecule has 1 amide bonds. The Hall–Kier alpha value is -1.72. The molecule has 0 bridgehead atoms. The summed E-state index contributed by atoms with van der Waals surface area (Å²) in [6, 6.07) is 9.59. The molecule has 0 saturated carbocycles. The molecular weight excluding hydrogens is 311 g/mol. The Morgan fingerprint density at radius 2 is 2.10 bits per heavy atom. The van der Waals surface area contributed by atoms with E-state index in [1.807, 2.05) is 13.0 Å². The lowest BCUT2D eigenvalue weighted by molar-refractivity contribution is -0.113. The van der Waals surface area contributed by atoms with E-state index in [0.29, 0.717) is 21.3 Å². The molecule has 110 valence electrons.